The first kappa shape index (κ1) is 24.1. The summed E-state index contributed by atoms with van der Waals surface area (Å²) in [6, 6.07) is 8.26. The van der Waals surface area contributed by atoms with Crippen molar-refractivity contribution in [2.75, 3.05) is 0 Å². The van der Waals surface area contributed by atoms with Crippen molar-refractivity contribution in [1.82, 2.24) is 60.7 Å². The van der Waals surface area contributed by atoms with Crippen molar-refractivity contribution in [2.24, 2.45) is 0 Å². The summed E-state index contributed by atoms with van der Waals surface area (Å²) < 4.78 is 0. The highest BCUT2D eigenvalue weighted by atomic mass is 15.1. The first-order valence-corrected chi connectivity index (χ1v) is 13.9. The predicted molar refractivity (Wildman–Crippen MR) is 169 cm³/mol. The van der Waals surface area contributed by atoms with Gasteiger partial charge in [0, 0.05) is 91.4 Å². The summed E-state index contributed by atoms with van der Waals surface area (Å²) in [5.74, 6) is 0. The summed E-state index contributed by atoms with van der Waals surface area (Å²) in [5.41, 5.74) is 14.1. The van der Waals surface area contributed by atoms with E-state index in [4.69, 9.17) is 9.97 Å². The highest BCUT2D eigenvalue weighted by Gasteiger charge is 2.19. The van der Waals surface area contributed by atoms with E-state index in [0.717, 1.165) is 89.4 Å². The molecule has 7 aromatic heterocycles. The molecule has 0 spiro atoms. The van der Waals surface area contributed by atoms with E-state index in [9.17, 15) is 0 Å². The third kappa shape index (κ3) is 3.78. The highest BCUT2D eigenvalue weighted by Crippen LogP contribution is 2.37. The standard InChI is InChI=1S/C32H22N12/c1-2-22-30(18-11-35-36-12-18)24-5-6-26(43-24)32(20-15-39-40-16-20)28-8-7-27(44-28)31(19-13-37-38-14-19)25-4-3-23(42-25)29(21(1)41-22)17-9-33-34-10-17/h1-16,41,44H,(H,33,34)(H,35,36)(H,37,38)(H,39,40). The summed E-state index contributed by atoms with van der Waals surface area (Å²) in [6.45, 7) is 0. The molecule has 0 amide bonds. The number of hydrogen-bond donors (Lipinski definition) is 6. The topological polar surface area (TPSA) is 172 Å². The molecule has 44 heavy (non-hydrogen) atoms. The van der Waals surface area contributed by atoms with Crippen LogP contribution in [-0.4, -0.2) is 60.7 Å². The molecule has 0 aromatic carbocycles. The maximum atomic E-state index is 5.18. The predicted octanol–water partition coefficient (Wildman–Crippen LogP) is 6.22. The number of aromatic nitrogens is 12. The fourth-order valence-electron chi connectivity index (χ4n) is 5.97. The van der Waals surface area contributed by atoms with E-state index in [-0.39, 0.29) is 0 Å². The lowest BCUT2D eigenvalue weighted by Crippen LogP contribution is -1.88. The lowest BCUT2D eigenvalue weighted by molar-refractivity contribution is 1.09. The average Bonchev–Trinajstić information content (AvgIpc) is 3.90. The molecule has 8 bridgehead atoms. The van der Waals surface area contributed by atoms with Gasteiger partial charge in [-0.2, -0.15) is 20.4 Å². The largest absolute Gasteiger partial charge is 0.354 e. The van der Waals surface area contributed by atoms with Gasteiger partial charge in [0.2, 0.25) is 0 Å². The van der Waals surface area contributed by atoms with Gasteiger partial charge in [-0.25, -0.2) is 9.97 Å². The molecule has 7 aromatic rings. The Morgan fingerprint density at radius 1 is 0.364 bits per heavy atom. The Morgan fingerprint density at radius 2 is 0.636 bits per heavy atom. The summed E-state index contributed by atoms with van der Waals surface area (Å²) in [5, 5.41) is 28.8. The molecular weight excluding hydrogens is 552 g/mol. The van der Waals surface area contributed by atoms with E-state index >= 15 is 0 Å². The Morgan fingerprint density at radius 3 is 0.864 bits per heavy atom. The zero-order valence-corrected chi connectivity index (χ0v) is 22.9. The molecule has 12 nitrogen and oxygen atoms in total. The van der Waals surface area contributed by atoms with Crippen molar-refractivity contribution in [2.45, 2.75) is 0 Å². The molecular formula is C32H22N12. The number of H-pyrrole nitrogens is 6. The molecule has 12 heteroatoms. The molecule has 0 unspecified atom stereocenters. The SMILES string of the molecule is C1=Cc2nc1c(-c1cn[nH]c1)c1ccc([nH]1)c(-c1cn[nH]c1)c1nc(c(-c3cn[nH]c3)c3ccc([nH]3)c2-c2cn[nH]c2)C=C1. The summed E-state index contributed by atoms with van der Waals surface area (Å²) in [6.07, 6.45) is 22.9. The number of nitrogens with zero attached hydrogens (tertiary/aromatic N) is 6. The minimum Gasteiger partial charge on any atom is -0.354 e. The van der Waals surface area contributed by atoms with Gasteiger partial charge in [0.15, 0.2) is 0 Å². The van der Waals surface area contributed by atoms with Crippen molar-refractivity contribution < 1.29 is 0 Å². The maximum Gasteiger partial charge on any atom is 0.0738 e. The normalized spacial score (nSPS) is 12.4. The third-order valence-corrected chi connectivity index (χ3v) is 7.90. The zero-order chi connectivity index (χ0) is 29.0. The van der Waals surface area contributed by atoms with Gasteiger partial charge < -0.3 is 9.97 Å². The Kier molecular flexibility index (Phi) is 5.19. The van der Waals surface area contributed by atoms with Crippen LogP contribution < -0.4 is 0 Å². The average molecular weight is 575 g/mol. The number of nitrogens with one attached hydrogen (secondary N) is 6. The molecule has 0 atom stereocenters. The molecule has 0 fully saturated rings. The van der Waals surface area contributed by atoms with E-state index < -0.39 is 0 Å². The first-order valence-electron chi connectivity index (χ1n) is 13.9. The van der Waals surface area contributed by atoms with Crippen LogP contribution in [0.3, 0.4) is 0 Å². The summed E-state index contributed by atoms with van der Waals surface area (Å²) >= 11 is 0. The van der Waals surface area contributed by atoms with Crippen LogP contribution in [0.2, 0.25) is 0 Å². The second-order valence-corrected chi connectivity index (χ2v) is 10.5. The molecule has 0 saturated heterocycles. The monoisotopic (exact) mass is 574 g/mol. The zero-order valence-electron chi connectivity index (χ0n) is 22.9. The van der Waals surface area contributed by atoms with Crippen LogP contribution in [0.15, 0.2) is 73.8 Å². The molecule has 9 rings (SSSR count). The molecule has 0 saturated carbocycles. The van der Waals surface area contributed by atoms with Crippen molar-refractivity contribution in [1.29, 1.82) is 0 Å². The Labute approximate surface area is 248 Å². The lowest BCUT2D eigenvalue weighted by Gasteiger charge is -2.03. The smallest absolute Gasteiger partial charge is 0.0738 e. The highest BCUT2D eigenvalue weighted by molar-refractivity contribution is 5.99. The van der Waals surface area contributed by atoms with Gasteiger partial charge in [-0.15, -0.1) is 0 Å². The molecule has 210 valence electrons. The minimum atomic E-state index is 0.805. The van der Waals surface area contributed by atoms with Gasteiger partial charge in [-0.05, 0) is 48.6 Å². The first-order chi connectivity index (χ1) is 21.8. The quantitative estimate of drug-likeness (QED) is 0.146. The Balaban J connectivity index is 1.49. The van der Waals surface area contributed by atoms with Crippen LogP contribution >= 0.6 is 0 Å². The van der Waals surface area contributed by atoms with E-state index in [1.165, 1.54) is 0 Å². The van der Waals surface area contributed by atoms with Gasteiger partial charge in [0.1, 0.15) is 0 Å². The maximum absolute atomic E-state index is 5.18. The van der Waals surface area contributed by atoms with Gasteiger partial charge in [0.25, 0.3) is 0 Å². The summed E-state index contributed by atoms with van der Waals surface area (Å²) in [4.78, 5) is 17.7. The van der Waals surface area contributed by atoms with Crippen LogP contribution in [-0.2, 0) is 0 Å². The third-order valence-electron chi connectivity index (χ3n) is 7.90. The number of aromatic amines is 6. The minimum absolute atomic E-state index is 0.805. The lowest BCUT2D eigenvalue weighted by atomic mass is 10.1. The number of hydrogen-bond acceptors (Lipinski definition) is 6. The molecule has 2 aliphatic heterocycles. The van der Waals surface area contributed by atoms with Crippen LogP contribution in [0.25, 0.3) is 90.9 Å². The van der Waals surface area contributed by atoms with E-state index in [0.29, 0.717) is 0 Å². The molecule has 0 aliphatic carbocycles. The van der Waals surface area contributed by atoms with E-state index in [1.54, 1.807) is 24.8 Å². The van der Waals surface area contributed by atoms with Gasteiger partial charge in [0.05, 0.1) is 47.6 Å². The van der Waals surface area contributed by atoms with Gasteiger partial charge >= 0.3 is 0 Å². The molecule has 0 radical (unpaired) electrons. The van der Waals surface area contributed by atoms with Crippen LogP contribution in [0.4, 0.5) is 0 Å². The summed E-state index contributed by atoms with van der Waals surface area (Å²) in [7, 11) is 0. The van der Waals surface area contributed by atoms with Crippen molar-refractivity contribution in [3.63, 3.8) is 0 Å². The van der Waals surface area contributed by atoms with Crippen LogP contribution in [0.5, 0.6) is 0 Å². The van der Waals surface area contributed by atoms with Gasteiger partial charge in [-0.3, -0.25) is 20.4 Å². The fourth-order valence-corrected chi connectivity index (χ4v) is 5.97. The fraction of sp³-hybridized carbons (Fsp3) is 0. The second kappa shape index (κ2) is 9.49. The van der Waals surface area contributed by atoms with Crippen LogP contribution in [0, 0.1) is 0 Å². The van der Waals surface area contributed by atoms with Crippen molar-refractivity contribution >= 4 is 46.4 Å². The van der Waals surface area contributed by atoms with Crippen molar-refractivity contribution in [3.8, 4) is 44.5 Å². The van der Waals surface area contributed by atoms with Crippen molar-refractivity contribution in [3.05, 3.63) is 96.6 Å². The van der Waals surface area contributed by atoms with E-state index in [1.807, 2.05) is 49.1 Å². The Hall–Kier alpha value is -6.56. The molecule has 2 aliphatic rings. The number of fused-ring (bicyclic) bond motifs is 8. The molecule has 6 N–H and O–H groups in total. The van der Waals surface area contributed by atoms with E-state index in [2.05, 4.69) is 75.0 Å². The van der Waals surface area contributed by atoms with Crippen LogP contribution in [0.1, 0.15) is 22.8 Å². The van der Waals surface area contributed by atoms with Gasteiger partial charge in [-0.1, -0.05) is 0 Å². The number of rotatable bonds is 4. The Bertz CT molecular complexity index is 2040. The second-order valence-electron chi connectivity index (χ2n) is 10.5. The molecule has 9 heterocycles.